The molecule has 3 rings (SSSR count). The summed E-state index contributed by atoms with van der Waals surface area (Å²) in [7, 11) is 0. The lowest BCUT2D eigenvalue weighted by Gasteiger charge is -2.62. The molecule has 1 N–H and O–H groups in total. The summed E-state index contributed by atoms with van der Waals surface area (Å²) >= 11 is 0. The second-order valence-electron chi connectivity index (χ2n) is 12.3. The van der Waals surface area contributed by atoms with E-state index in [1.165, 1.54) is 11.1 Å². The largest absolute Gasteiger partial charge is 0.393 e. The highest BCUT2D eigenvalue weighted by Crippen LogP contribution is 2.69. The predicted molar refractivity (Wildman–Crippen MR) is 135 cm³/mol. The maximum atomic E-state index is 13.4. The van der Waals surface area contributed by atoms with Crippen LogP contribution in [0.3, 0.4) is 0 Å². The van der Waals surface area contributed by atoms with Crippen LogP contribution in [0.1, 0.15) is 100 Å². The number of Topliss-reactive ketones (excluding diaryl/α,β-unsaturated/α-hetero) is 1. The van der Waals surface area contributed by atoms with Crippen molar-refractivity contribution < 1.29 is 9.90 Å². The lowest BCUT2D eigenvalue weighted by atomic mass is 9.43. The van der Waals surface area contributed by atoms with Crippen molar-refractivity contribution in [3.63, 3.8) is 0 Å². The first-order chi connectivity index (χ1) is 14.8. The second-order valence-corrected chi connectivity index (χ2v) is 12.3. The van der Waals surface area contributed by atoms with E-state index >= 15 is 0 Å². The summed E-state index contributed by atoms with van der Waals surface area (Å²) in [6.45, 7) is 17.9. The normalized spacial score (nSPS) is 38.5. The minimum atomic E-state index is -0.228. The van der Waals surface area contributed by atoms with Gasteiger partial charge < -0.3 is 5.11 Å². The molecule has 0 unspecified atom stereocenters. The van der Waals surface area contributed by atoms with E-state index in [1.54, 1.807) is 0 Å². The molecule has 0 aromatic heterocycles. The molecule has 0 aromatic carbocycles. The number of carbonyl (C=O) groups is 1. The van der Waals surface area contributed by atoms with Gasteiger partial charge in [-0.15, -0.1) is 0 Å². The fourth-order valence-electron chi connectivity index (χ4n) is 7.69. The van der Waals surface area contributed by atoms with Crippen molar-refractivity contribution in [3.8, 4) is 0 Å². The van der Waals surface area contributed by atoms with E-state index in [0.29, 0.717) is 24.0 Å². The third kappa shape index (κ3) is 4.37. The molecule has 0 heterocycles. The van der Waals surface area contributed by atoms with Crippen LogP contribution in [-0.2, 0) is 4.79 Å². The average Bonchev–Trinajstić information content (AvgIpc) is 2.96. The zero-order chi connectivity index (χ0) is 23.9. The van der Waals surface area contributed by atoms with Gasteiger partial charge in [-0.25, -0.2) is 0 Å². The lowest BCUT2D eigenvalue weighted by molar-refractivity contribution is -0.157. The lowest BCUT2D eigenvalue weighted by Crippen LogP contribution is -2.57. The van der Waals surface area contributed by atoms with Crippen LogP contribution in [0.15, 0.2) is 46.6 Å². The van der Waals surface area contributed by atoms with Crippen molar-refractivity contribution in [3.05, 3.63) is 46.6 Å². The van der Waals surface area contributed by atoms with E-state index in [9.17, 15) is 9.90 Å². The maximum Gasteiger partial charge on any atom is 0.160 e. The molecule has 5 atom stereocenters. The highest BCUT2D eigenvalue weighted by Gasteiger charge is 2.64. The molecule has 0 saturated heterocycles. The molecule has 0 spiro atoms. The number of fused-ring (bicyclic) bond motifs is 3. The molecule has 32 heavy (non-hydrogen) atoms. The van der Waals surface area contributed by atoms with Gasteiger partial charge in [0.05, 0.1) is 6.10 Å². The summed E-state index contributed by atoms with van der Waals surface area (Å²) in [6, 6.07) is 0. The first-order valence-electron chi connectivity index (χ1n) is 12.7. The molecular formula is C30H46O2. The van der Waals surface area contributed by atoms with E-state index in [-0.39, 0.29) is 22.3 Å². The standard InChI is InChI=1S/C30H46O2/c1-20(2)11-9-12-21(3)13-10-14-22(4)27-23(31)19-25-29(7)18-16-26(32)28(5,6)24(29)15-17-30(25,27)8/h10-11,13-14,24-26,32H,9,12,15-19H2,1-8H3/b14-10+,21-13+,27-22+/t24-,25-,26-,29-,30-/m0/s1. The van der Waals surface area contributed by atoms with E-state index < -0.39 is 0 Å². The van der Waals surface area contributed by atoms with Crippen LogP contribution in [0.25, 0.3) is 0 Å². The van der Waals surface area contributed by atoms with Gasteiger partial charge in [0.15, 0.2) is 5.78 Å². The number of rotatable bonds is 5. The van der Waals surface area contributed by atoms with Crippen LogP contribution in [0.5, 0.6) is 0 Å². The third-order valence-electron chi connectivity index (χ3n) is 9.48. The summed E-state index contributed by atoms with van der Waals surface area (Å²) in [5.74, 6) is 1.22. The monoisotopic (exact) mass is 438 g/mol. The number of carbonyl (C=O) groups excluding carboxylic acids is 1. The first-order valence-corrected chi connectivity index (χ1v) is 12.7. The van der Waals surface area contributed by atoms with Crippen molar-refractivity contribution in [2.24, 2.45) is 28.1 Å². The van der Waals surface area contributed by atoms with Crippen LogP contribution in [0.4, 0.5) is 0 Å². The minimum absolute atomic E-state index is 0.0443. The Balaban J connectivity index is 1.85. The van der Waals surface area contributed by atoms with Crippen LogP contribution in [-0.4, -0.2) is 17.0 Å². The Labute approximate surface area is 197 Å². The predicted octanol–water partition coefficient (Wildman–Crippen LogP) is 7.74. The maximum absolute atomic E-state index is 13.4. The van der Waals surface area contributed by atoms with Gasteiger partial charge in [0, 0.05) is 17.4 Å². The third-order valence-corrected chi connectivity index (χ3v) is 9.48. The van der Waals surface area contributed by atoms with Crippen LogP contribution >= 0.6 is 0 Å². The van der Waals surface area contributed by atoms with Gasteiger partial charge in [0.2, 0.25) is 0 Å². The van der Waals surface area contributed by atoms with Crippen molar-refractivity contribution in [2.45, 2.75) is 106 Å². The van der Waals surface area contributed by atoms with Gasteiger partial charge in [0.25, 0.3) is 0 Å². The van der Waals surface area contributed by atoms with E-state index in [2.05, 4.69) is 79.7 Å². The molecular weight excluding hydrogens is 392 g/mol. The van der Waals surface area contributed by atoms with Crippen molar-refractivity contribution in [1.29, 1.82) is 0 Å². The summed E-state index contributed by atoms with van der Waals surface area (Å²) in [5, 5.41) is 10.7. The van der Waals surface area contributed by atoms with Gasteiger partial charge in [-0.3, -0.25) is 4.79 Å². The highest BCUT2D eigenvalue weighted by molar-refractivity contribution is 6.00. The molecule has 2 nitrogen and oxygen atoms in total. The SMILES string of the molecule is CC(C)=CCC/C(C)=C/C=C/C(C)=C1\C(=O)C[C@H]2[C@@]3(C)CC[C@H](O)C(C)(C)[C@@H]3CC[C@]12C. The Morgan fingerprint density at radius 1 is 1.03 bits per heavy atom. The molecule has 3 fully saturated rings. The average molecular weight is 439 g/mol. The summed E-state index contributed by atoms with van der Waals surface area (Å²) < 4.78 is 0. The van der Waals surface area contributed by atoms with Gasteiger partial charge in [-0.05, 0) is 94.5 Å². The zero-order valence-corrected chi connectivity index (χ0v) is 21.8. The Morgan fingerprint density at radius 2 is 1.72 bits per heavy atom. The Hall–Kier alpha value is -1.41. The van der Waals surface area contributed by atoms with Crippen molar-refractivity contribution in [1.82, 2.24) is 0 Å². The van der Waals surface area contributed by atoms with Gasteiger partial charge in [-0.2, -0.15) is 0 Å². The van der Waals surface area contributed by atoms with Crippen LogP contribution in [0.2, 0.25) is 0 Å². The Morgan fingerprint density at radius 3 is 2.38 bits per heavy atom. The number of aliphatic hydroxyl groups is 1. The molecule has 0 radical (unpaired) electrons. The van der Waals surface area contributed by atoms with Gasteiger partial charge in [0.1, 0.15) is 0 Å². The fourth-order valence-corrected chi connectivity index (χ4v) is 7.69. The van der Waals surface area contributed by atoms with Crippen LogP contribution < -0.4 is 0 Å². The quantitative estimate of drug-likeness (QED) is 0.271. The summed E-state index contributed by atoms with van der Waals surface area (Å²) in [4.78, 5) is 13.4. The molecule has 3 saturated carbocycles. The van der Waals surface area contributed by atoms with E-state index in [4.69, 9.17) is 0 Å². The smallest absolute Gasteiger partial charge is 0.160 e. The fraction of sp³-hybridized carbons (Fsp3) is 0.700. The number of hydrogen-bond donors (Lipinski definition) is 1. The molecule has 0 aliphatic heterocycles. The molecule has 0 bridgehead atoms. The summed E-state index contributed by atoms with van der Waals surface area (Å²) in [5.41, 5.74) is 4.97. The number of ketones is 1. The number of allylic oxidation sites excluding steroid dienone is 8. The Bertz CT molecular complexity index is 863. The second kappa shape index (κ2) is 9.09. The van der Waals surface area contributed by atoms with Crippen LogP contribution in [0, 0.1) is 28.1 Å². The molecule has 0 amide bonds. The Kier molecular flexibility index (Phi) is 7.16. The number of hydrogen-bond acceptors (Lipinski definition) is 2. The van der Waals surface area contributed by atoms with Crippen molar-refractivity contribution in [2.75, 3.05) is 0 Å². The summed E-state index contributed by atoms with van der Waals surface area (Å²) in [6.07, 6.45) is 15.4. The van der Waals surface area contributed by atoms with Crippen molar-refractivity contribution >= 4 is 5.78 Å². The minimum Gasteiger partial charge on any atom is -0.393 e. The zero-order valence-electron chi connectivity index (χ0n) is 21.8. The van der Waals surface area contributed by atoms with Gasteiger partial charge in [-0.1, -0.05) is 63.1 Å². The number of aliphatic hydroxyl groups excluding tert-OH is 1. The highest BCUT2D eigenvalue weighted by atomic mass is 16.3. The molecule has 2 heteroatoms. The van der Waals surface area contributed by atoms with E-state index in [1.807, 2.05) is 0 Å². The molecule has 178 valence electrons. The topological polar surface area (TPSA) is 37.3 Å². The molecule has 3 aliphatic carbocycles. The molecule has 0 aromatic rings. The molecule has 3 aliphatic rings. The van der Waals surface area contributed by atoms with E-state index in [0.717, 1.165) is 49.7 Å². The first kappa shape index (κ1) is 25.2. The van der Waals surface area contributed by atoms with Gasteiger partial charge >= 0.3 is 0 Å².